The smallest absolute Gasteiger partial charge is 0.134 e. The summed E-state index contributed by atoms with van der Waals surface area (Å²) in [5, 5.41) is 1.09. The number of aryl methyl sites for hydroxylation is 1. The highest BCUT2D eigenvalue weighted by molar-refractivity contribution is 5.79. The molecule has 1 aromatic carbocycles. The Bertz CT molecular complexity index is 401. The highest BCUT2D eigenvalue weighted by Crippen LogP contribution is 2.23. The van der Waals surface area contributed by atoms with Crippen molar-refractivity contribution in [2.24, 2.45) is 0 Å². The fraction of sp³-hybridized carbons (Fsp3) is 0.200. The number of rotatable bonds is 1. The molecule has 0 N–H and O–H groups in total. The Hall–Kier alpha value is -1.44. The van der Waals surface area contributed by atoms with Crippen molar-refractivity contribution in [2.75, 3.05) is 7.11 Å². The lowest BCUT2D eigenvalue weighted by Crippen LogP contribution is -1.79. The Balaban J connectivity index is 2.66. The summed E-state index contributed by atoms with van der Waals surface area (Å²) in [5.74, 6) is 1.79. The van der Waals surface area contributed by atoms with Gasteiger partial charge in [0.2, 0.25) is 0 Å². The summed E-state index contributed by atoms with van der Waals surface area (Å²) < 4.78 is 10.5. The first-order valence-electron chi connectivity index (χ1n) is 3.84. The van der Waals surface area contributed by atoms with E-state index in [1.54, 1.807) is 7.11 Å². The average molecular weight is 162 g/mol. The maximum atomic E-state index is 5.41. The van der Waals surface area contributed by atoms with Gasteiger partial charge in [0.1, 0.15) is 17.1 Å². The monoisotopic (exact) mass is 162 g/mol. The van der Waals surface area contributed by atoms with Crippen molar-refractivity contribution in [3.63, 3.8) is 0 Å². The lowest BCUT2D eigenvalue weighted by atomic mass is 10.2. The maximum absolute atomic E-state index is 5.41. The molecule has 0 radical (unpaired) electrons. The van der Waals surface area contributed by atoms with Gasteiger partial charge >= 0.3 is 0 Å². The van der Waals surface area contributed by atoms with E-state index in [-0.39, 0.29) is 0 Å². The molecule has 2 heteroatoms. The molecule has 2 nitrogen and oxygen atoms in total. The molecule has 0 saturated heterocycles. The summed E-state index contributed by atoms with van der Waals surface area (Å²) >= 11 is 0. The summed E-state index contributed by atoms with van der Waals surface area (Å²) in [6.45, 7) is 1.94. The van der Waals surface area contributed by atoms with Crippen molar-refractivity contribution in [1.82, 2.24) is 0 Å². The summed E-state index contributed by atoms with van der Waals surface area (Å²) in [6.07, 6.45) is 0. The molecule has 2 aromatic rings. The van der Waals surface area contributed by atoms with Crippen molar-refractivity contribution in [2.45, 2.75) is 6.92 Å². The number of ether oxygens (including phenoxy) is 1. The number of benzene rings is 1. The quantitative estimate of drug-likeness (QED) is 0.643. The van der Waals surface area contributed by atoms with Crippen molar-refractivity contribution < 1.29 is 9.15 Å². The Labute approximate surface area is 70.8 Å². The topological polar surface area (TPSA) is 22.4 Å². The van der Waals surface area contributed by atoms with Crippen LogP contribution in [0.3, 0.4) is 0 Å². The van der Waals surface area contributed by atoms with E-state index in [1.807, 2.05) is 31.2 Å². The molecule has 0 bridgehead atoms. The number of fused-ring (bicyclic) bond motifs is 1. The molecule has 0 aliphatic rings. The van der Waals surface area contributed by atoms with Crippen LogP contribution in [0.25, 0.3) is 11.0 Å². The van der Waals surface area contributed by atoms with Crippen molar-refractivity contribution >= 4 is 11.0 Å². The van der Waals surface area contributed by atoms with Gasteiger partial charge in [0.15, 0.2) is 0 Å². The lowest BCUT2D eigenvalue weighted by Gasteiger charge is -1.96. The largest absolute Gasteiger partial charge is 0.497 e. The van der Waals surface area contributed by atoms with Gasteiger partial charge in [-0.3, -0.25) is 0 Å². The third-order valence-electron chi connectivity index (χ3n) is 1.85. The maximum Gasteiger partial charge on any atom is 0.134 e. The summed E-state index contributed by atoms with van der Waals surface area (Å²) in [6, 6.07) is 7.77. The van der Waals surface area contributed by atoms with E-state index in [0.29, 0.717) is 0 Å². The van der Waals surface area contributed by atoms with E-state index in [1.165, 1.54) is 0 Å². The van der Waals surface area contributed by atoms with Crippen LogP contribution < -0.4 is 4.74 Å². The van der Waals surface area contributed by atoms with Crippen LogP contribution >= 0.6 is 0 Å². The number of hydrogen-bond donors (Lipinski definition) is 0. The van der Waals surface area contributed by atoms with E-state index < -0.39 is 0 Å². The van der Waals surface area contributed by atoms with Gasteiger partial charge in [0.25, 0.3) is 0 Å². The molecular formula is C10H10O2. The molecule has 0 aliphatic carbocycles. The summed E-state index contributed by atoms with van der Waals surface area (Å²) in [4.78, 5) is 0. The Kier molecular flexibility index (Phi) is 1.54. The van der Waals surface area contributed by atoms with Crippen LogP contribution in [0, 0.1) is 6.92 Å². The van der Waals surface area contributed by atoms with Crippen molar-refractivity contribution in [3.8, 4) is 5.75 Å². The first-order chi connectivity index (χ1) is 5.79. The number of hydrogen-bond acceptors (Lipinski definition) is 2. The Morgan fingerprint density at radius 2 is 2.08 bits per heavy atom. The summed E-state index contributed by atoms with van der Waals surface area (Å²) in [7, 11) is 1.66. The van der Waals surface area contributed by atoms with Gasteiger partial charge < -0.3 is 9.15 Å². The van der Waals surface area contributed by atoms with E-state index in [2.05, 4.69) is 0 Å². The first kappa shape index (κ1) is 7.22. The van der Waals surface area contributed by atoms with E-state index in [9.17, 15) is 0 Å². The predicted molar refractivity (Wildman–Crippen MR) is 47.5 cm³/mol. The Morgan fingerprint density at radius 3 is 2.83 bits per heavy atom. The molecule has 0 fully saturated rings. The number of methoxy groups -OCH3 is 1. The van der Waals surface area contributed by atoms with E-state index in [4.69, 9.17) is 9.15 Å². The van der Waals surface area contributed by atoms with Crippen molar-refractivity contribution in [3.05, 3.63) is 30.0 Å². The minimum Gasteiger partial charge on any atom is -0.497 e. The van der Waals surface area contributed by atoms with Crippen LogP contribution in [0.15, 0.2) is 28.7 Å². The van der Waals surface area contributed by atoms with Gasteiger partial charge in [-0.1, -0.05) is 0 Å². The van der Waals surface area contributed by atoms with Crippen LogP contribution in [0.4, 0.5) is 0 Å². The molecule has 2 rings (SSSR count). The second-order valence-corrected chi connectivity index (χ2v) is 2.76. The highest BCUT2D eigenvalue weighted by atomic mass is 16.5. The third-order valence-corrected chi connectivity index (χ3v) is 1.85. The molecule has 0 unspecified atom stereocenters. The van der Waals surface area contributed by atoms with Gasteiger partial charge in [-0.25, -0.2) is 0 Å². The van der Waals surface area contributed by atoms with Crippen LogP contribution in [-0.4, -0.2) is 7.11 Å². The van der Waals surface area contributed by atoms with Crippen LogP contribution in [0.2, 0.25) is 0 Å². The van der Waals surface area contributed by atoms with E-state index in [0.717, 1.165) is 22.5 Å². The second kappa shape index (κ2) is 2.55. The SMILES string of the molecule is COc1ccc2oc(C)cc2c1. The molecule has 0 atom stereocenters. The predicted octanol–water partition coefficient (Wildman–Crippen LogP) is 2.75. The fourth-order valence-electron chi connectivity index (χ4n) is 1.28. The first-order valence-corrected chi connectivity index (χ1v) is 3.84. The molecule has 0 spiro atoms. The average Bonchev–Trinajstić information content (AvgIpc) is 2.43. The van der Waals surface area contributed by atoms with Gasteiger partial charge in [0.05, 0.1) is 7.11 Å². The summed E-state index contributed by atoms with van der Waals surface area (Å²) in [5.41, 5.74) is 0.910. The van der Waals surface area contributed by atoms with Crippen molar-refractivity contribution in [1.29, 1.82) is 0 Å². The second-order valence-electron chi connectivity index (χ2n) is 2.76. The van der Waals surface area contributed by atoms with E-state index >= 15 is 0 Å². The van der Waals surface area contributed by atoms with Gasteiger partial charge in [-0.05, 0) is 31.2 Å². The van der Waals surface area contributed by atoms with Gasteiger partial charge in [-0.2, -0.15) is 0 Å². The minimum absolute atomic E-state index is 0.864. The highest BCUT2D eigenvalue weighted by Gasteiger charge is 2.00. The molecule has 1 heterocycles. The lowest BCUT2D eigenvalue weighted by molar-refractivity contribution is 0.415. The molecule has 12 heavy (non-hydrogen) atoms. The standard InChI is InChI=1S/C10H10O2/c1-7-5-8-6-9(11-2)3-4-10(8)12-7/h3-6H,1-2H3. The molecule has 62 valence electrons. The zero-order valence-electron chi connectivity index (χ0n) is 7.13. The normalized spacial score (nSPS) is 10.5. The zero-order valence-corrected chi connectivity index (χ0v) is 7.13. The van der Waals surface area contributed by atoms with Crippen LogP contribution in [0.1, 0.15) is 5.76 Å². The fourth-order valence-corrected chi connectivity index (χ4v) is 1.28. The van der Waals surface area contributed by atoms with Gasteiger partial charge in [-0.15, -0.1) is 0 Å². The molecule has 1 aromatic heterocycles. The van der Waals surface area contributed by atoms with Gasteiger partial charge in [0, 0.05) is 5.39 Å². The zero-order chi connectivity index (χ0) is 8.55. The minimum atomic E-state index is 0.864. The molecular weight excluding hydrogens is 152 g/mol. The number of furan rings is 1. The van der Waals surface area contributed by atoms with Crippen LogP contribution in [0.5, 0.6) is 5.75 Å². The molecule has 0 saturated carbocycles. The Morgan fingerprint density at radius 1 is 1.25 bits per heavy atom. The molecule has 0 aliphatic heterocycles. The third kappa shape index (κ3) is 1.05. The van der Waals surface area contributed by atoms with Crippen LogP contribution in [-0.2, 0) is 0 Å². The molecule has 0 amide bonds.